The number of aromatic nitrogens is 2. The minimum atomic E-state index is 0.220. The average Bonchev–Trinajstić information content (AvgIpc) is 2.49. The van der Waals surface area contributed by atoms with Crippen molar-refractivity contribution in [1.29, 1.82) is 0 Å². The highest BCUT2D eigenvalue weighted by atomic mass is 14.9. The third kappa shape index (κ3) is 2.38. The lowest BCUT2D eigenvalue weighted by Crippen LogP contribution is -2.21. The Labute approximate surface area is 107 Å². The molecule has 0 aliphatic carbocycles. The van der Waals surface area contributed by atoms with Gasteiger partial charge in [0.25, 0.3) is 0 Å². The molecule has 2 aliphatic rings. The Morgan fingerprint density at radius 2 is 2.06 bits per heavy atom. The minimum absolute atomic E-state index is 0.220. The molecule has 1 aromatic rings. The molecular weight excluding hydrogens is 224 g/mol. The largest absolute Gasteiger partial charge is 0.313 e. The lowest BCUT2D eigenvalue weighted by atomic mass is 9.98. The Bertz CT molecular complexity index is 502. The van der Waals surface area contributed by atoms with Crippen molar-refractivity contribution < 1.29 is 0 Å². The molecule has 0 fully saturated rings. The molecule has 0 bridgehead atoms. The monoisotopic (exact) mass is 240 g/mol. The summed E-state index contributed by atoms with van der Waals surface area (Å²) in [7, 11) is 0. The lowest BCUT2D eigenvalue weighted by Gasteiger charge is -2.18. The van der Waals surface area contributed by atoms with Crippen molar-refractivity contribution in [2.45, 2.75) is 18.8 Å². The molecule has 1 atom stereocenters. The predicted octanol–water partition coefficient (Wildman–Crippen LogP) is 1.84. The molecule has 4 nitrogen and oxygen atoms in total. The zero-order valence-electron chi connectivity index (χ0n) is 10.2. The number of allylic oxidation sites excluding steroid dienone is 2. The van der Waals surface area contributed by atoms with Crippen LogP contribution in [0, 0.1) is 0 Å². The van der Waals surface area contributed by atoms with Crippen LogP contribution in [0.2, 0.25) is 0 Å². The second kappa shape index (κ2) is 5.23. The second-order valence-corrected chi connectivity index (χ2v) is 4.50. The molecule has 0 radical (unpaired) electrons. The summed E-state index contributed by atoms with van der Waals surface area (Å²) in [5.41, 5.74) is 2.49. The van der Waals surface area contributed by atoms with Crippen LogP contribution in [0.25, 0.3) is 0 Å². The van der Waals surface area contributed by atoms with Crippen LogP contribution in [0.3, 0.4) is 0 Å². The number of nitrogens with zero attached hydrogens (tertiary/aromatic N) is 3. The van der Waals surface area contributed by atoms with Crippen LogP contribution < -0.4 is 5.32 Å². The zero-order valence-corrected chi connectivity index (χ0v) is 10.2. The first-order valence-corrected chi connectivity index (χ1v) is 6.35. The average molecular weight is 240 g/mol. The summed E-state index contributed by atoms with van der Waals surface area (Å²) < 4.78 is 0. The first-order valence-electron chi connectivity index (χ1n) is 6.35. The number of aliphatic imine (C=N–C) groups is 1. The molecule has 3 rings (SSSR count). The summed E-state index contributed by atoms with van der Waals surface area (Å²) in [6.07, 6.45) is 12.0. The van der Waals surface area contributed by atoms with Crippen LogP contribution in [0.4, 0.5) is 0 Å². The Morgan fingerprint density at radius 1 is 1.17 bits per heavy atom. The fraction of sp³-hybridized carbons (Fsp3) is 0.357. The summed E-state index contributed by atoms with van der Waals surface area (Å²) >= 11 is 0. The minimum Gasteiger partial charge on any atom is -0.313 e. The molecule has 92 valence electrons. The highest BCUT2D eigenvalue weighted by Crippen LogP contribution is 2.25. The number of rotatable bonds is 2. The Balaban J connectivity index is 1.72. The molecule has 0 spiro atoms. The summed E-state index contributed by atoms with van der Waals surface area (Å²) in [5.74, 6) is 1.08. The first kappa shape index (κ1) is 11.3. The van der Waals surface area contributed by atoms with Gasteiger partial charge in [0.05, 0.1) is 11.6 Å². The van der Waals surface area contributed by atoms with Crippen LogP contribution in [-0.2, 0) is 0 Å². The topological polar surface area (TPSA) is 50.2 Å². The fourth-order valence-corrected chi connectivity index (χ4v) is 2.27. The summed E-state index contributed by atoms with van der Waals surface area (Å²) in [6, 6.07) is 1.84. The van der Waals surface area contributed by atoms with E-state index in [9.17, 15) is 0 Å². The van der Waals surface area contributed by atoms with E-state index < -0.39 is 0 Å². The SMILES string of the molecule is C1=NC(C2=CCNCC2)=CCC1c1ncccn1. The molecule has 0 saturated heterocycles. The molecule has 0 amide bonds. The van der Waals surface area contributed by atoms with Gasteiger partial charge in [-0.05, 0) is 31.0 Å². The molecule has 1 aromatic heterocycles. The van der Waals surface area contributed by atoms with E-state index >= 15 is 0 Å². The molecule has 18 heavy (non-hydrogen) atoms. The fourth-order valence-electron chi connectivity index (χ4n) is 2.27. The number of hydrogen-bond donors (Lipinski definition) is 1. The van der Waals surface area contributed by atoms with Crippen LogP contribution >= 0.6 is 0 Å². The van der Waals surface area contributed by atoms with Crippen molar-refractivity contribution in [3.63, 3.8) is 0 Å². The van der Waals surface area contributed by atoms with Gasteiger partial charge in [0.15, 0.2) is 0 Å². The van der Waals surface area contributed by atoms with Gasteiger partial charge in [-0.3, -0.25) is 4.99 Å². The molecule has 0 aromatic carbocycles. The summed E-state index contributed by atoms with van der Waals surface area (Å²) in [4.78, 5) is 13.1. The third-order valence-corrected chi connectivity index (χ3v) is 3.27. The highest BCUT2D eigenvalue weighted by molar-refractivity contribution is 5.70. The molecule has 2 aliphatic heterocycles. The zero-order chi connectivity index (χ0) is 12.2. The first-order chi connectivity index (χ1) is 8.93. The molecule has 3 heterocycles. The predicted molar refractivity (Wildman–Crippen MR) is 71.5 cm³/mol. The maximum Gasteiger partial charge on any atom is 0.136 e. The molecule has 4 heteroatoms. The van der Waals surface area contributed by atoms with E-state index in [0.717, 1.165) is 37.5 Å². The summed E-state index contributed by atoms with van der Waals surface area (Å²) in [6.45, 7) is 2.00. The van der Waals surface area contributed by atoms with Gasteiger partial charge >= 0.3 is 0 Å². The van der Waals surface area contributed by atoms with Gasteiger partial charge in [0.1, 0.15) is 5.82 Å². The van der Waals surface area contributed by atoms with Crippen molar-refractivity contribution in [1.82, 2.24) is 15.3 Å². The van der Waals surface area contributed by atoms with Gasteiger partial charge in [-0.1, -0.05) is 12.2 Å². The lowest BCUT2D eigenvalue weighted by molar-refractivity contribution is 0.703. The maximum absolute atomic E-state index is 4.57. The Morgan fingerprint density at radius 3 is 2.72 bits per heavy atom. The number of nitrogens with one attached hydrogen (secondary N) is 1. The van der Waals surface area contributed by atoms with Crippen molar-refractivity contribution in [3.05, 3.63) is 47.7 Å². The van der Waals surface area contributed by atoms with Gasteiger partial charge in [-0.15, -0.1) is 0 Å². The maximum atomic E-state index is 4.57. The third-order valence-electron chi connectivity index (χ3n) is 3.27. The van der Waals surface area contributed by atoms with Crippen molar-refractivity contribution >= 4 is 6.21 Å². The van der Waals surface area contributed by atoms with Crippen LogP contribution in [0.15, 0.2) is 46.9 Å². The molecule has 0 saturated carbocycles. The number of hydrogen-bond acceptors (Lipinski definition) is 4. The summed E-state index contributed by atoms with van der Waals surface area (Å²) in [5, 5.41) is 3.31. The van der Waals surface area contributed by atoms with Crippen LogP contribution in [0.1, 0.15) is 24.6 Å². The van der Waals surface area contributed by atoms with Gasteiger partial charge < -0.3 is 5.32 Å². The van der Waals surface area contributed by atoms with Crippen molar-refractivity contribution in [2.75, 3.05) is 13.1 Å². The van der Waals surface area contributed by atoms with Crippen molar-refractivity contribution in [2.24, 2.45) is 4.99 Å². The van der Waals surface area contributed by atoms with Gasteiger partial charge in [-0.25, -0.2) is 9.97 Å². The standard InChI is InChI=1S/C14H16N4/c1-6-16-14(17-7-1)12-2-3-13(18-10-12)11-4-8-15-9-5-11/h1,3-4,6-7,10,12,15H,2,5,8-9H2. The Hall–Kier alpha value is -1.81. The van der Waals surface area contributed by atoms with E-state index in [1.54, 1.807) is 12.4 Å². The highest BCUT2D eigenvalue weighted by Gasteiger charge is 2.16. The van der Waals surface area contributed by atoms with E-state index in [4.69, 9.17) is 0 Å². The smallest absolute Gasteiger partial charge is 0.136 e. The van der Waals surface area contributed by atoms with Gasteiger partial charge in [-0.2, -0.15) is 0 Å². The molecule has 1 N–H and O–H groups in total. The van der Waals surface area contributed by atoms with Crippen LogP contribution in [-0.4, -0.2) is 29.3 Å². The van der Waals surface area contributed by atoms with E-state index in [0.29, 0.717) is 0 Å². The van der Waals surface area contributed by atoms with Gasteiger partial charge in [0, 0.05) is 25.2 Å². The molecule has 1 unspecified atom stereocenters. The normalized spacial score (nSPS) is 23.4. The van der Waals surface area contributed by atoms with E-state index in [1.807, 2.05) is 12.3 Å². The quantitative estimate of drug-likeness (QED) is 0.858. The Kier molecular flexibility index (Phi) is 3.28. The second-order valence-electron chi connectivity index (χ2n) is 4.50. The van der Waals surface area contributed by atoms with Gasteiger partial charge in [0.2, 0.25) is 0 Å². The van der Waals surface area contributed by atoms with E-state index in [1.165, 1.54) is 5.57 Å². The van der Waals surface area contributed by atoms with Crippen molar-refractivity contribution in [3.8, 4) is 0 Å². The molecular formula is C14H16N4. The van der Waals surface area contributed by atoms with E-state index in [-0.39, 0.29) is 5.92 Å². The van der Waals surface area contributed by atoms with E-state index in [2.05, 4.69) is 32.4 Å². The van der Waals surface area contributed by atoms with Crippen LogP contribution in [0.5, 0.6) is 0 Å².